The fraction of sp³-hybridized carbons (Fsp3) is 0.458. The molecule has 1 aliphatic carbocycles. The molecule has 1 amide bonds. The molecular formula is C24H28N4O2S2. The molecule has 1 aromatic carbocycles. The highest BCUT2D eigenvalue weighted by molar-refractivity contribution is 8.00. The molecule has 5 rings (SSSR count). The van der Waals surface area contributed by atoms with Gasteiger partial charge >= 0.3 is 0 Å². The number of thioether (sulfide) groups is 1. The number of hydrogen-bond donors (Lipinski definition) is 1. The van der Waals surface area contributed by atoms with E-state index in [9.17, 15) is 4.79 Å². The molecule has 3 aromatic rings. The number of carbonyl (C=O) groups excluding carboxylic acids is 1. The molecular weight excluding hydrogens is 440 g/mol. The van der Waals surface area contributed by atoms with E-state index >= 15 is 0 Å². The fourth-order valence-corrected chi connectivity index (χ4v) is 6.11. The predicted octanol–water partition coefficient (Wildman–Crippen LogP) is 4.86. The summed E-state index contributed by atoms with van der Waals surface area (Å²) >= 11 is 3.13. The third-order valence-corrected chi connectivity index (χ3v) is 8.15. The van der Waals surface area contributed by atoms with Crippen LogP contribution in [0, 0.1) is 0 Å². The number of amides is 1. The van der Waals surface area contributed by atoms with Crippen LogP contribution < -0.4 is 5.32 Å². The molecule has 2 aromatic heterocycles. The van der Waals surface area contributed by atoms with E-state index < -0.39 is 0 Å². The Morgan fingerprint density at radius 1 is 1.25 bits per heavy atom. The van der Waals surface area contributed by atoms with E-state index in [0.717, 1.165) is 54.6 Å². The van der Waals surface area contributed by atoms with Gasteiger partial charge in [0.05, 0.1) is 28.8 Å². The molecule has 1 saturated heterocycles. The average Bonchev–Trinajstić information content (AvgIpc) is 3.57. The van der Waals surface area contributed by atoms with Gasteiger partial charge in [-0.05, 0) is 61.6 Å². The first-order valence-corrected chi connectivity index (χ1v) is 13.1. The number of ether oxygens (including phenoxy) is 1. The Morgan fingerprint density at radius 2 is 2.16 bits per heavy atom. The van der Waals surface area contributed by atoms with E-state index in [-0.39, 0.29) is 23.3 Å². The van der Waals surface area contributed by atoms with Gasteiger partial charge in [0.15, 0.2) is 11.0 Å². The number of benzene rings is 1. The van der Waals surface area contributed by atoms with Gasteiger partial charge in [-0.3, -0.25) is 9.36 Å². The molecule has 32 heavy (non-hydrogen) atoms. The highest BCUT2D eigenvalue weighted by Crippen LogP contribution is 2.32. The Kier molecular flexibility index (Phi) is 6.62. The number of aromatic nitrogens is 3. The second kappa shape index (κ2) is 9.77. The Balaban J connectivity index is 1.31. The van der Waals surface area contributed by atoms with Gasteiger partial charge in [0.2, 0.25) is 5.91 Å². The van der Waals surface area contributed by atoms with Crippen molar-refractivity contribution < 1.29 is 9.53 Å². The lowest BCUT2D eigenvalue weighted by molar-refractivity contribution is -0.121. The van der Waals surface area contributed by atoms with Crippen LogP contribution in [-0.2, 0) is 22.5 Å². The van der Waals surface area contributed by atoms with E-state index in [2.05, 4.69) is 50.4 Å². The van der Waals surface area contributed by atoms with E-state index in [1.807, 2.05) is 18.4 Å². The van der Waals surface area contributed by atoms with Crippen LogP contribution in [0.25, 0.3) is 10.7 Å². The van der Waals surface area contributed by atoms with Crippen LogP contribution in [0.3, 0.4) is 0 Å². The van der Waals surface area contributed by atoms with Gasteiger partial charge in [-0.1, -0.05) is 42.1 Å². The molecule has 1 fully saturated rings. The summed E-state index contributed by atoms with van der Waals surface area (Å²) < 4.78 is 8.01. The monoisotopic (exact) mass is 468 g/mol. The molecule has 6 nitrogen and oxygen atoms in total. The number of nitrogens with one attached hydrogen (secondary N) is 1. The lowest BCUT2D eigenvalue weighted by Crippen LogP contribution is -2.36. The highest BCUT2D eigenvalue weighted by Gasteiger charge is 2.27. The normalized spacial score (nSPS) is 21.3. The third-order valence-electron chi connectivity index (χ3n) is 6.21. The third kappa shape index (κ3) is 4.63. The zero-order chi connectivity index (χ0) is 21.9. The van der Waals surface area contributed by atoms with E-state index in [0.29, 0.717) is 6.54 Å². The molecule has 0 radical (unpaired) electrons. The van der Waals surface area contributed by atoms with Crippen LogP contribution in [0.4, 0.5) is 0 Å². The molecule has 1 aliphatic heterocycles. The van der Waals surface area contributed by atoms with Crippen molar-refractivity contribution in [3.63, 3.8) is 0 Å². The zero-order valence-corrected chi connectivity index (χ0v) is 19.8. The number of nitrogens with zero attached hydrogens (tertiary/aromatic N) is 3. The van der Waals surface area contributed by atoms with Crippen molar-refractivity contribution in [3.05, 3.63) is 52.9 Å². The topological polar surface area (TPSA) is 69.0 Å². The summed E-state index contributed by atoms with van der Waals surface area (Å²) in [5, 5.41) is 14.8. The minimum atomic E-state index is -0.271. The van der Waals surface area contributed by atoms with Crippen LogP contribution in [0.2, 0.25) is 0 Å². The molecule has 1 N–H and O–H groups in total. The Morgan fingerprint density at radius 3 is 2.97 bits per heavy atom. The maximum atomic E-state index is 13.1. The van der Waals surface area contributed by atoms with E-state index in [1.165, 1.54) is 22.9 Å². The molecule has 0 bridgehead atoms. The van der Waals surface area contributed by atoms with Gasteiger partial charge in [-0.2, -0.15) is 0 Å². The van der Waals surface area contributed by atoms with Gasteiger partial charge in [0.25, 0.3) is 0 Å². The van der Waals surface area contributed by atoms with Crippen molar-refractivity contribution >= 4 is 29.0 Å². The van der Waals surface area contributed by atoms with Gasteiger partial charge in [0, 0.05) is 6.61 Å². The van der Waals surface area contributed by atoms with Crippen LogP contribution in [-0.4, -0.2) is 38.6 Å². The number of rotatable bonds is 7. The van der Waals surface area contributed by atoms with Crippen molar-refractivity contribution in [2.75, 3.05) is 6.61 Å². The summed E-state index contributed by atoms with van der Waals surface area (Å²) in [7, 11) is 0. The number of fused-ring (bicyclic) bond motifs is 1. The van der Waals surface area contributed by atoms with Gasteiger partial charge in [0.1, 0.15) is 0 Å². The summed E-state index contributed by atoms with van der Waals surface area (Å²) in [5.74, 6) is 0.896. The average molecular weight is 469 g/mol. The van der Waals surface area contributed by atoms with Crippen molar-refractivity contribution in [2.24, 2.45) is 0 Å². The van der Waals surface area contributed by atoms with Gasteiger partial charge in [-0.25, -0.2) is 0 Å². The Labute approximate surface area is 196 Å². The summed E-state index contributed by atoms with van der Waals surface area (Å²) in [5.41, 5.74) is 2.60. The van der Waals surface area contributed by atoms with Crippen molar-refractivity contribution in [1.82, 2.24) is 20.1 Å². The zero-order valence-electron chi connectivity index (χ0n) is 18.2. The van der Waals surface area contributed by atoms with Crippen molar-refractivity contribution in [3.8, 4) is 10.7 Å². The number of hydrogen-bond acceptors (Lipinski definition) is 6. The first-order valence-electron chi connectivity index (χ1n) is 11.3. The minimum absolute atomic E-state index is 0.0426. The second-order valence-corrected chi connectivity index (χ2v) is 10.7. The number of aryl methyl sites for hydroxylation is 1. The first kappa shape index (κ1) is 21.7. The first-order chi connectivity index (χ1) is 15.7. The highest BCUT2D eigenvalue weighted by atomic mass is 32.2. The summed E-state index contributed by atoms with van der Waals surface area (Å²) in [6, 6.07) is 12.6. The standard InChI is InChI=1S/C24H28N4O2S2/c1-16(23(29)25-20-11-4-8-17-7-2-3-10-19(17)20)32-24-27-26-22(21-12-6-14-31-21)28(24)15-18-9-5-13-30-18/h2-3,6-7,10,12,14,16,18,20H,4-5,8-9,11,13,15H2,1H3,(H,25,29). The minimum Gasteiger partial charge on any atom is -0.376 e. The number of carbonyl (C=O) groups is 1. The van der Waals surface area contributed by atoms with Gasteiger partial charge < -0.3 is 10.1 Å². The van der Waals surface area contributed by atoms with Crippen LogP contribution in [0.1, 0.15) is 49.8 Å². The maximum Gasteiger partial charge on any atom is 0.233 e. The van der Waals surface area contributed by atoms with Crippen LogP contribution in [0.15, 0.2) is 46.9 Å². The molecule has 0 spiro atoms. The molecule has 2 aliphatic rings. The summed E-state index contributed by atoms with van der Waals surface area (Å²) in [6.07, 6.45) is 5.48. The predicted molar refractivity (Wildman–Crippen MR) is 128 cm³/mol. The lowest BCUT2D eigenvalue weighted by Gasteiger charge is -2.27. The molecule has 3 heterocycles. The lowest BCUT2D eigenvalue weighted by atomic mass is 9.88. The quantitative estimate of drug-likeness (QED) is 0.502. The molecule has 3 unspecified atom stereocenters. The molecule has 3 atom stereocenters. The molecule has 168 valence electrons. The van der Waals surface area contributed by atoms with Crippen molar-refractivity contribution in [2.45, 2.75) is 68.1 Å². The van der Waals surface area contributed by atoms with Crippen molar-refractivity contribution in [1.29, 1.82) is 0 Å². The van der Waals surface area contributed by atoms with Gasteiger partial charge in [-0.15, -0.1) is 21.5 Å². The molecule has 0 saturated carbocycles. The van der Waals surface area contributed by atoms with Crippen LogP contribution in [0.5, 0.6) is 0 Å². The number of thiophene rings is 1. The van der Waals surface area contributed by atoms with E-state index in [1.54, 1.807) is 11.3 Å². The van der Waals surface area contributed by atoms with E-state index in [4.69, 9.17) is 4.74 Å². The Bertz CT molecular complexity index is 1060. The molecule has 8 heteroatoms. The largest absolute Gasteiger partial charge is 0.376 e. The van der Waals surface area contributed by atoms with Crippen LogP contribution >= 0.6 is 23.1 Å². The smallest absolute Gasteiger partial charge is 0.233 e. The fourth-order valence-electron chi connectivity index (χ4n) is 4.53. The SMILES string of the molecule is CC(Sc1nnc(-c2cccs2)n1CC1CCCO1)C(=O)NC1CCCc2ccccc21. The summed E-state index contributed by atoms with van der Waals surface area (Å²) in [6.45, 7) is 3.48. The maximum absolute atomic E-state index is 13.1. The second-order valence-electron chi connectivity index (χ2n) is 8.44. The Hall–Kier alpha value is -2.16. The summed E-state index contributed by atoms with van der Waals surface area (Å²) in [4.78, 5) is 14.2.